The molecule has 0 spiro atoms. The molecule has 1 aromatic rings. The molecule has 74 valence electrons. The topological polar surface area (TPSA) is 52.6 Å². The Hall–Kier alpha value is -1.84. The van der Waals surface area contributed by atoms with Crippen LogP contribution in [0.5, 0.6) is 0 Å². The highest BCUT2D eigenvalue weighted by molar-refractivity contribution is 5.73. The second-order valence-electron chi connectivity index (χ2n) is 2.69. The van der Waals surface area contributed by atoms with Crippen molar-refractivity contribution < 1.29 is 19.4 Å². The maximum Gasteiger partial charge on any atom is 0.359 e. The Morgan fingerprint density at radius 1 is 1.14 bits per heavy atom. The van der Waals surface area contributed by atoms with Crippen LogP contribution in [-0.4, -0.2) is 11.9 Å². The van der Waals surface area contributed by atoms with Gasteiger partial charge in [0, 0.05) is 6.92 Å². The third-order valence-corrected chi connectivity index (χ3v) is 1.44. The van der Waals surface area contributed by atoms with Gasteiger partial charge in [0.05, 0.1) is 6.42 Å². The highest BCUT2D eigenvalue weighted by Crippen LogP contribution is 2.00. The van der Waals surface area contributed by atoms with E-state index in [4.69, 9.17) is 0 Å². The van der Waals surface area contributed by atoms with Gasteiger partial charge in [-0.3, -0.25) is 0 Å². The molecule has 4 heteroatoms. The molecule has 1 aromatic carbocycles. The van der Waals surface area contributed by atoms with E-state index in [0.717, 1.165) is 12.5 Å². The van der Waals surface area contributed by atoms with Crippen molar-refractivity contribution in [2.75, 3.05) is 0 Å². The summed E-state index contributed by atoms with van der Waals surface area (Å²) in [5, 5.41) is 0. The quantitative estimate of drug-likeness (QED) is 0.525. The fraction of sp³-hybridized carbons (Fsp3) is 0.200. The smallest absolute Gasteiger partial charge is 0.248 e. The van der Waals surface area contributed by atoms with Gasteiger partial charge in [-0.05, 0) is 5.56 Å². The average Bonchev–Trinajstić information content (AvgIpc) is 2.16. The van der Waals surface area contributed by atoms with E-state index in [9.17, 15) is 9.59 Å². The Kier molecular flexibility index (Phi) is 3.67. The number of hydrogen-bond donors (Lipinski definition) is 0. The second-order valence-corrected chi connectivity index (χ2v) is 2.69. The normalized spacial score (nSPS) is 9.21. The van der Waals surface area contributed by atoms with Gasteiger partial charge < -0.3 is 0 Å². The summed E-state index contributed by atoms with van der Waals surface area (Å²) in [6, 6.07) is 9.05. The van der Waals surface area contributed by atoms with Crippen LogP contribution >= 0.6 is 0 Å². The molecule has 0 fully saturated rings. The lowest BCUT2D eigenvalue weighted by molar-refractivity contribution is -0.256. The minimum absolute atomic E-state index is 0.0914. The number of hydrogen-bond acceptors (Lipinski definition) is 4. The third kappa shape index (κ3) is 3.71. The highest BCUT2D eigenvalue weighted by atomic mass is 17.2. The first-order chi connectivity index (χ1) is 6.68. The average molecular weight is 194 g/mol. The molecule has 0 saturated heterocycles. The SMILES string of the molecule is CC(=O)OOC(=O)Cc1ccccc1. The summed E-state index contributed by atoms with van der Waals surface area (Å²) in [5.74, 6) is -1.24. The molecular formula is C10H10O4. The van der Waals surface area contributed by atoms with Crippen LogP contribution in [0.25, 0.3) is 0 Å². The van der Waals surface area contributed by atoms with Gasteiger partial charge in [-0.15, -0.1) is 0 Å². The Morgan fingerprint density at radius 3 is 2.36 bits per heavy atom. The largest absolute Gasteiger partial charge is 0.359 e. The summed E-state index contributed by atoms with van der Waals surface area (Å²) in [6.07, 6.45) is 0.0914. The van der Waals surface area contributed by atoms with Crippen LogP contribution in [0.1, 0.15) is 12.5 Å². The zero-order chi connectivity index (χ0) is 10.4. The van der Waals surface area contributed by atoms with E-state index in [1.807, 2.05) is 18.2 Å². The Balaban J connectivity index is 2.38. The van der Waals surface area contributed by atoms with Crippen LogP contribution in [0, 0.1) is 0 Å². The molecule has 0 aromatic heterocycles. The van der Waals surface area contributed by atoms with Crippen molar-refractivity contribution in [2.45, 2.75) is 13.3 Å². The predicted octanol–water partition coefficient (Wildman–Crippen LogP) is 1.25. The van der Waals surface area contributed by atoms with Crippen LogP contribution in [-0.2, 0) is 25.8 Å². The summed E-state index contributed by atoms with van der Waals surface area (Å²) < 4.78 is 0. The maximum absolute atomic E-state index is 11.0. The second kappa shape index (κ2) is 5.01. The number of carbonyl (C=O) groups is 2. The molecule has 1 rings (SSSR count). The zero-order valence-corrected chi connectivity index (χ0v) is 7.73. The molecule has 0 bridgehead atoms. The summed E-state index contributed by atoms with van der Waals surface area (Å²) in [6.45, 7) is 1.16. The molecule has 14 heavy (non-hydrogen) atoms. The van der Waals surface area contributed by atoms with E-state index in [-0.39, 0.29) is 6.42 Å². The minimum atomic E-state index is -0.647. The van der Waals surface area contributed by atoms with E-state index in [1.54, 1.807) is 12.1 Å². The molecule has 0 unspecified atom stereocenters. The van der Waals surface area contributed by atoms with Crippen molar-refractivity contribution in [1.29, 1.82) is 0 Å². The van der Waals surface area contributed by atoms with Gasteiger partial charge in [0.25, 0.3) is 0 Å². The first kappa shape index (κ1) is 10.2. The third-order valence-electron chi connectivity index (χ3n) is 1.44. The zero-order valence-electron chi connectivity index (χ0n) is 7.73. The maximum atomic E-state index is 11.0. The first-order valence-corrected chi connectivity index (χ1v) is 4.10. The van der Waals surface area contributed by atoms with E-state index in [2.05, 4.69) is 9.78 Å². The van der Waals surface area contributed by atoms with Gasteiger partial charge in [-0.1, -0.05) is 30.3 Å². The lowest BCUT2D eigenvalue weighted by Gasteiger charge is -2.00. The van der Waals surface area contributed by atoms with Crippen LogP contribution in [0.15, 0.2) is 30.3 Å². The Morgan fingerprint density at radius 2 is 1.79 bits per heavy atom. The fourth-order valence-electron chi connectivity index (χ4n) is 0.897. The molecular weight excluding hydrogens is 184 g/mol. The van der Waals surface area contributed by atoms with Crippen LogP contribution in [0.3, 0.4) is 0 Å². The van der Waals surface area contributed by atoms with Crippen LogP contribution in [0.4, 0.5) is 0 Å². The molecule has 0 radical (unpaired) electrons. The highest BCUT2D eigenvalue weighted by Gasteiger charge is 2.06. The van der Waals surface area contributed by atoms with E-state index in [0.29, 0.717) is 0 Å². The lowest BCUT2D eigenvalue weighted by Crippen LogP contribution is -2.10. The number of rotatable bonds is 2. The molecule has 4 nitrogen and oxygen atoms in total. The molecule has 0 aliphatic heterocycles. The van der Waals surface area contributed by atoms with Crippen molar-refractivity contribution in [3.63, 3.8) is 0 Å². The van der Waals surface area contributed by atoms with Crippen molar-refractivity contribution >= 4 is 11.9 Å². The van der Waals surface area contributed by atoms with Gasteiger partial charge in [-0.25, -0.2) is 19.4 Å². The minimum Gasteiger partial charge on any atom is -0.248 e. The standard InChI is InChI=1S/C10H10O4/c1-8(11)13-14-10(12)7-9-5-3-2-4-6-9/h2-6H,7H2,1H3. The monoisotopic (exact) mass is 194 g/mol. The molecule has 0 aliphatic rings. The molecule has 0 N–H and O–H groups in total. The van der Waals surface area contributed by atoms with Gasteiger partial charge in [0.1, 0.15) is 0 Å². The van der Waals surface area contributed by atoms with Crippen LogP contribution < -0.4 is 0 Å². The van der Waals surface area contributed by atoms with Crippen molar-refractivity contribution in [3.8, 4) is 0 Å². The first-order valence-electron chi connectivity index (χ1n) is 4.10. The molecule has 0 atom stereocenters. The predicted molar refractivity (Wildman–Crippen MR) is 48.0 cm³/mol. The van der Waals surface area contributed by atoms with Crippen molar-refractivity contribution in [2.24, 2.45) is 0 Å². The molecule has 0 amide bonds. The van der Waals surface area contributed by atoms with Gasteiger partial charge in [0.15, 0.2) is 0 Å². The Bertz CT molecular complexity index is 318. The van der Waals surface area contributed by atoms with E-state index in [1.165, 1.54) is 0 Å². The Labute approximate surface area is 81.4 Å². The molecule has 0 saturated carbocycles. The van der Waals surface area contributed by atoms with Crippen molar-refractivity contribution in [1.82, 2.24) is 0 Å². The molecule has 0 heterocycles. The van der Waals surface area contributed by atoms with Gasteiger partial charge >= 0.3 is 11.9 Å². The lowest BCUT2D eigenvalue weighted by atomic mass is 10.2. The summed E-state index contributed by atoms with van der Waals surface area (Å²) in [7, 11) is 0. The van der Waals surface area contributed by atoms with Gasteiger partial charge in [-0.2, -0.15) is 0 Å². The van der Waals surface area contributed by atoms with E-state index < -0.39 is 11.9 Å². The van der Waals surface area contributed by atoms with Crippen molar-refractivity contribution in [3.05, 3.63) is 35.9 Å². The van der Waals surface area contributed by atoms with Gasteiger partial charge in [0.2, 0.25) is 0 Å². The fourth-order valence-corrected chi connectivity index (χ4v) is 0.897. The number of benzene rings is 1. The summed E-state index contributed by atoms with van der Waals surface area (Å²) in [4.78, 5) is 29.6. The molecule has 0 aliphatic carbocycles. The summed E-state index contributed by atoms with van der Waals surface area (Å²) in [5.41, 5.74) is 0.810. The van der Waals surface area contributed by atoms with Crippen LogP contribution in [0.2, 0.25) is 0 Å². The van der Waals surface area contributed by atoms with E-state index >= 15 is 0 Å². The summed E-state index contributed by atoms with van der Waals surface area (Å²) >= 11 is 0. The number of carbonyl (C=O) groups excluding carboxylic acids is 2.